The van der Waals surface area contributed by atoms with Crippen molar-refractivity contribution in [2.45, 2.75) is 12.8 Å². The predicted octanol–water partition coefficient (Wildman–Crippen LogP) is 2.80. The van der Waals surface area contributed by atoms with Gasteiger partial charge in [-0.25, -0.2) is 4.90 Å². The standard InChI is InChI=1S/C14H12ClNO2/c15-9-4-3-5-10(8-9)16-13(17)11-6-1-2-7-12(11)14(16)18/h1,3-6,8,11-12H,2,7H2. The molecule has 1 fully saturated rings. The molecule has 1 heterocycles. The molecule has 0 aromatic heterocycles. The largest absolute Gasteiger partial charge is 0.274 e. The molecule has 0 N–H and O–H groups in total. The van der Waals surface area contributed by atoms with Crippen LogP contribution >= 0.6 is 11.6 Å². The van der Waals surface area contributed by atoms with Crippen LogP contribution in [0.1, 0.15) is 12.8 Å². The van der Waals surface area contributed by atoms with Crippen molar-refractivity contribution in [1.82, 2.24) is 0 Å². The van der Waals surface area contributed by atoms with Gasteiger partial charge in [0.2, 0.25) is 11.8 Å². The van der Waals surface area contributed by atoms with Crippen LogP contribution in [0, 0.1) is 11.8 Å². The lowest BCUT2D eigenvalue weighted by molar-refractivity contribution is -0.122. The van der Waals surface area contributed by atoms with Gasteiger partial charge >= 0.3 is 0 Å². The maximum Gasteiger partial charge on any atom is 0.241 e. The number of carbonyl (C=O) groups excluding carboxylic acids is 2. The molecule has 3 nitrogen and oxygen atoms in total. The summed E-state index contributed by atoms with van der Waals surface area (Å²) in [7, 11) is 0. The Bertz CT molecular complexity index is 552. The van der Waals surface area contributed by atoms with Crippen molar-refractivity contribution >= 4 is 29.1 Å². The number of halogens is 1. The van der Waals surface area contributed by atoms with Gasteiger partial charge in [0.1, 0.15) is 0 Å². The predicted molar refractivity (Wildman–Crippen MR) is 69.3 cm³/mol. The summed E-state index contributed by atoms with van der Waals surface area (Å²) in [5, 5.41) is 0.526. The Morgan fingerprint density at radius 1 is 1.22 bits per heavy atom. The molecule has 0 bridgehead atoms. The van der Waals surface area contributed by atoms with E-state index in [1.54, 1.807) is 24.3 Å². The maximum absolute atomic E-state index is 12.3. The number of carbonyl (C=O) groups is 2. The van der Waals surface area contributed by atoms with E-state index in [0.29, 0.717) is 10.7 Å². The Morgan fingerprint density at radius 2 is 2.06 bits per heavy atom. The van der Waals surface area contributed by atoms with Gasteiger partial charge in [0, 0.05) is 5.02 Å². The van der Waals surface area contributed by atoms with E-state index in [-0.39, 0.29) is 23.7 Å². The average Bonchev–Trinajstić information content (AvgIpc) is 2.63. The van der Waals surface area contributed by atoms with Crippen molar-refractivity contribution in [1.29, 1.82) is 0 Å². The Morgan fingerprint density at radius 3 is 2.78 bits per heavy atom. The third-order valence-corrected chi connectivity index (χ3v) is 3.77. The second-order valence-electron chi connectivity index (χ2n) is 4.63. The van der Waals surface area contributed by atoms with Crippen molar-refractivity contribution < 1.29 is 9.59 Å². The van der Waals surface area contributed by atoms with E-state index < -0.39 is 0 Å². The number of hydrogen-bond donors (Lipinski definition) is 0. The number of rotatable bonds is 1. The van der Waals surface area contributed by atoms with Gasteiger partial charge in [-0.1, -0.05) is 29.8 Å². The molecular formula is C14H12ClNO2. The van der Waals surface area contributed by atoms with Crippen LogP contribution < -0.4 is 4.90 Å². The highest BCUT2D eigenvalue weighted by atomic mass is 35.5. The third-order valence-electron chi connectivity index (χ3n) is 3.53. The molecule has 0 saturated carbocycles. The summed E-state index contributed by atoms with van der Waals surface area (Å²) < 4.78 is 0. The number of benzene rings is 1. The maximum atomic E-state index is 12.3. The van der Waals surface area contributed by atoms with Crippen molar-refractivity contribution in [2.75, 3.05) is 4.90 Å². The van der Waals surface area contributed by atoms with Crippen LogP contribution in [0.25, 0.3) is 0 Å². The molecule has 4 heteroatoms. The van der Waals surface area contributed by atoms with Gasteiger partial charge < -0.3 is 0 Å². The lowest BCUT2D eigenvalue weighted by Gasteiger charge is -2.15. The zero-order chi connectivity index (χ0) is 12.7. The van der Waals surface area contributed by atoms with E-state index in [9.17, 15) is 9.59 Å². The second kappa shape index (κ2) is 4.25. The van der Waals surface area contributed by atoms with E-state index in [0.717, 1.165) is 12.8 Å². The summed E-state index contributed by atoms with van der Waals surface area (Å²) in [4.78, 5) is 25.8. The number of nitrogens with zero attached hydrogens (tertiary/aromatic N) is 1. The SMILES string of the molecule is O=C1C2C=CCCC2C(=O)N1c1cccc(Cl)c1. The summed E-state index contributed by atoms with van der Waals surface area (Å²) in [6, 6.07) is 6.86. The van der Waals surface area contributed by atoms with E-state index in [2.05, 4.69) is 0 Å². The first-order valence-corrected chi connectivity index (χ1v) is 6.36. The minimum Gasteiger partial charge on any atom is -0.274 e. The summed E-state index contributed by atoms with van der Waals surface area (Å²) in [6.45, 7) is 0. The van der Waals surface area contributed by atoms with Crippen molar-refractivity contribution in [3.8, 4) is 0 Å². The van der Waals surface area contributed by atoms with Crippen LogP contribution in [0.2, 0.25) is 5.02 Å². The molecule has 0 spiro atoms. The lowest BCUT2D eigenvalue weighted by atomic mass is 9.86. The molecule has 2 atom stereocenters. The highest BCUT2D eigenvalue weighted by molar-refractivity contribution is 6.31. The molecular weight excluding hydrogens is 250 g/mol. The Kier molecular flexibility index (Phi) is 2.71. The summed E-state index contributed by atoms with van der Waals surface area (Å²) in [5.41, 5.74) is 0.570. The Labute approximate surface area is 110 Å². The zero-order valence-electron chi connectivity index (χ0n) is 9.67. The van der Waals surface area contributed by atoms with Crippen LogP contribution in [0.5, 0.6) is 0 Å². The molecule has 2 unspecified atom stereocenters. The number of anilines is 1. The molecule has 0 radical (unpaired) electrons. The molecule has 18 heavy (non-hydrogen) atoms. The summed E-state index contributed by atoms with van der Waals surface area (Å²) >= 11 is 5.91. The van der Waals surface area contributed by atoms with Gasteiger partial charge in [-0.05, 0) is 31.0 Å². The average molecular weight is 262 g/mol. The quantitative estimate of drug-likeness (QED) is 0.576. The lowest BCUT2D eigenvalue weighted by Crippen LogP contribution is -2.30. The van der Waals surface area contributed by atoms with Gasteiger partial charge in [-0.3, -0.25) is 9.59 Å². The minimum atomic E-state index is -0.287. The molecule has 1 aromatic carbocycles. The molecule has 92 valence electrons. The molecule has 2 aliphatic rings. The molecule has 2 amide bonds. The fourth-order valence-corrected chi connectivity index (χ4v) is 2.84. The first-order valence-electron chi connectivity index (χ1n) is 5.98. The molecule has 1 aliphatic heterocycles. The number of fused-ring (bicyclic) bond motifs is 1. The first-order chi connectivity index (χ1) is 8.68. The van der Waals surface area contributed by atoms with Gasteiger partial charge in [0.15, 0.2) is 0 Å². The van der Waals surface area contributed by atoms with Crippen molar-refractivity contribution in [3.05, 3.63) is 41.4 Å². The number of allylic oxidation sites excluding steroid dienone is 1. The number of amides is 2. The van der Waals surface area contributed by atoms with Gasteiger partial charge in [-0.15, -0.1) is 0 Å². The topological polar surface area (TPSA) is 37.4 Å². The minimum absolute atomic E-state index is 0.100. The smallest absolute Gasteiger partial charge is 0.241 e. The van der Waals surface area contributed by atoms with Crippen LogP contribution in [0.3, 0.4) is 0 Å². The molecule has 3 rings (SSSR count). The van der Waals surface area contributed by atoms with E-state index in [1.165, 1.54) is 4.90 Å². The van der Waals surface area contributed by atoms with Crippen molar-refractivity contribution in [2.24, 2.45) is 11.8 Å². The van der Waals surface area contributed by atoms with E-state index in [4.69, 9.17) is 11.6 Å². The Hall–Kier alpha value is -1.61. The van der Waals surface area contributed by atoms with Crippen LogP contribution in [-0.2, 0) is 9.59 Å². The Balaban J connectivity index is 2.01. The third kappa shape index (κ3) is 1.66. The van der Waals surface area contributed by atoms with Gasteiger partial charge in [0.25, 0.3) is 0 Å². The fourth-order valence-electron chi connectivity index (χ4n) is 2.66. The molecule has 1 aromatic rings. The van der Waals surface area contributed by atoms with E-state index in [1.807, 2.05) is 12.2 Å². The monoisotopic (exact) mass is 261 g/mol. The first kappa shape index (κ1) is 11.5. The van der Waals surface area contributed by atoms with Crippen LogP contribution in [-0.4, -0.2) is 11.8 Å². The van der Waals surface area contributed by atoms with Gasteiger partial charge in [-0.2, -0.15) is 0 Å². The molecule has 1 saturated heterocycles. The highest BCUT2D eigenvalue weighted by Gasteiger charge is 2.47. The van der Waals surface area contributed by atoms with Crippen molar-refractivity contribution in [3.63, 3.8) is 0 Å². The summed E-state index contributed by atoms with van der Waals surface area (Å²) in [5.74, 6) is -0.716. The zero-order valence-corrected chi connectivity index (χ0v) is 10.4. The van der Waals surface area contributed by atoms with Crippen LogP contribution in [0.15, 0.2) is 36.4 Å². The number of imide groups is 1. The molecule has 1 aliphatic carbocycles. The van der Waals surface area contributed by atoms with Gasteiger partial charge in [0.05, 0.1) is 17.5 Å². The fraction of sp³-hybridized carbons (Fsp3) is 0.286. The second-order valence-corrected chi connectivity index (χ2v) is 5.07. The highest BCUT2D eigenvalue weighted by Crippen LogP contribution is 2.37. The van der Waals surface area contributed by atoms with E-state index >= 15 is 0 Å². The van der Waals surface area contributed by atoms with Crippen LogP contribution in [0.4, 0.5) is 5.69 Å². The summed E-state index contributed by atoms with van der Waals surface area (Å²) in [6.07, 6.45) is 5.46. The normalized spacial score (nSPS) is 26.6. The number of hydrogen-bond acceptors (Lipinski definition) is 2.